The van der Waals surface area contributed by atoms with Crippen LogP contribution in [0, 0.1) is 23.7 Å². The highest BCUT2D eigenvalue weighted by atomic mass is 32.2. The average molecular weight is 423 g/mol. The fraction of sp³-hybridized carbons (Fsp3) is 1.00. The molecule has 0 aliphatic carbocycles. The van der Waals surface area contributed by atoms with Gasteiger partial charge in [-0.2, -0.15) is 13.2 Å². The first-order chi connectivity index (χ1) is 12.0. The summed E-state index contributed by atoms with van der Waals surface area (Å²) >= 11 is 0. The molecule has 0 aliphatic heterocycles. The highest BCUT2D eigenvalue weighted by molar-refractivity contribution is 7.91. The van der Waals surface area contributed by atoms with Crippen molar-refractivity contribution in [1.82, 2.24) is 0 Å². The molecule has 0 saturated carbocycles. The fourth-order valence-corrected chi connectivity index (χ4v) is 2.21. The maximum absolute atomic E-state index is 11.2. The lowest BCUT2D eigenvalue weighted by Crippen LogP contribution is -2.15. The largest absolute Gasteiger partial charge is 0.391 e. The molecule has 27 heavy (non-hydrogen) atoms. The van der Waals surface area contributed by atoms with E-state index in [1.165, 1.54) is 6.42 Å². The van der Waals surface area contributed by atoms with Crippen molar-refractivity contribution in [2.24, 2.45) is 23.7 Å². The van der Waals surface area contributed by atoms with Crippen LogP contribution in [0.15, 0.2) is 0 Å². The first kappa shape index (κ1) is 34.2. The third-order valence-corrected chi connectivity index (χ3v) is 5.05. The third kappa shape index (κ3) is 41.3. The minimum absolute atomic E-state index is 0.259. The summed E-state index contributed by atoms with van der Waals surface area (Å²) in [5.41, 5.74) is 0. The van der Waals surface area contributed by atoms with E-state index in [2.05, 4.69) is 34.6 Å². The number of methoxy groups -OCH3 is 1. The van der Waals surface area contributed by atoms with E-state index >= 15 is 0 Å². The van der Waals surface area contributed by atoms with Crippen molar-refractivity contribution in [2.45, 2.75) is 81.8 Å². The van der Waals surface area contributed by atoms with Crippen LogP contribution in [-0.4, -0.2) is 39.8 Å². The number of hydrogen-bond acceptors (Lipinski definition) is 3. The lowest BCUT2D eigenvalue weighted by atomic mass is 10.2. The molecule has 7 heteroatoms. The second-order valence-corrected chi connectivity index (χ2v) is 10.3. The van der Waals surface area contributed by atoms with E-state index in [-0.39, 0.29) is 11.7 Å². The Bertz CT molecular complexity index is 388. The molecular formula is C20H45F3O3S. The van der Waals surface area contributed by atoms with Gasteiger partial charge in [0.25, 0.3) is 0 Å². The Labute approximate surface area is 167 Å². The van der Waals surface area contributed by atoms with Crippen molar-refractivity contribution >= 4 is 9.84 Å². The maximum atomic E-state index is 11.2. The van der Waals surface area contributed by atoms with Gasteiger partial charge in [-0.3, -0.25) is 0 Å². The number of alkyl halides is 3. The molecule has 0 radical (unpaired) electrons. The highest BCUT2D eigenvalue weighted by Gasteiger charge is 2.31. The topological polar surface area (TPSA) is 43.4 Å². The lowest BCUT2D eigenvalue weighted by Gasteiger charge is -2.07. The van der Waals surface area contributed by atoms with Crippen LogP contribution in [0.5, 0.6) is 0 Å². The van der Waals surface area contributed by atoms with Crippen LogP contribution in [0.2, 0.25) is 0 Å². The van der Waals surface area contributed by atoms with Gasteiger partial charge in [0, 0.05) is 25.4 Å². The average Bonchev–Trinajstić information content (AvgIpc) is 2.46. The third-order valence-electron chi connectivity index (χ3n) is 3.00. The Kier molecular flexibility index (Phi) is 24.1. The van der Waals surface area contributed by atoms with Gasteiger partial charge < -0.3 is 4.74 Å². The van der Waals surface area contributed by atoms with Crippen LogP contribution in [0.25, 0.3) is 0 Å². The van der Waals surface area contributed by atoms with Crippen LogP contribution in [0.3, 0.4) is 0 Å². The zero-order valence-corrected chi connectivity index (χ0v) is 20.2. The maximum Gasteiger partial charge on any atom is 0.391 e. The molecule has 0 saturated heterocycles. The molecule has 0 amide bonds. The summed E-state index contributed by atoms with van der Waals surface area (Å²) in [6.45, 7) is 19.5. The molecule has 0 bridgehead atoms. The molecule has 0 atom stereocenters. The van der Waals surface area contributed by atoms with E-state index in [4.69, 9.17) is 4.74 Å². The van der Waals surface area contributed by atoms with Gasteiger partial charge in [0.05, 0.1) is 5.75 Å². The molecule has 0 heterocycles. The Morgan fingerprint density at radius 1 is 0.815 bits per heavy atom. The van der Waals surface area contributed by atoms with Gasteiger partial charge in [-0.15, -0.1) is 0 Å². The Hall–Kier alpha value is -0.300. The number of rotatable bonds is 6. The summed E-state index contributed by atoms with van der Waals surface area (Å²) in [4.78, 5) is 0. The van der Waals surface area contributed by atoms with E-state index in [9.17, 15) is 21.6 Å². The number of sulfone groups is 1. The second kappa shape index (κ2) is 19.0. The monoisotopic (exact) mass is 422 g/mol. The molecule has 0 aromatic heterocycles. The van der Waals surface area contributed by atoms with Crippen molar-refractivity contribution < 1.29 is 26.3 Å². The van der Waals surface area contributed by atoms with Crippen LogP contribution in [-0.2, 0) is 14.6 Å². The quantitative estimate of drug-likeness (QED) is 0.483. The molecule has 0 unspecified atom stereocenters. The Morgan fingerprint density at radius 2 is 1.15 bits per heavy atom. The van der Waals surface area contributed by atoms with Crippen LogP contribution >= 0.6 is 0 Å². The van der Waals surface area contributed by atoms with E-state index < -0.39 is 21.9 Å². The summed E-state index contributed by atoms with van der Waals surface area (Å²) in [5.74, 6) is 1.21. The smallest absolute Gasteiger partial charge is 0.384 e. The zero-order chi connectivity index (χ0) is 22.8. The summed E-state index contributed by atoms with van der Waals surface area (Å²) in [6.07, 6.45) is -2.69. The lowest BCUT2D eigenvalue weighted by molar-refractivity contribution is -0.164. The summed E-state index contributed by atoms with van der Waals surface area (Å²) in [5, 5.41) is 0. The SMILES string of the molecule is CC(C)C(F)(F)F.CCC(C)C.CCS(=O)(=O)CC(C)C.COCC(C)C. The molecule has 0 spiro atoms. The summed E-state index contributed by atoms with van der Waals surface area (Å²) in [7, 11) is -0.997. The van der Waals surface area contributed by atoms with Gasteiger partial charge >= 0.3 is 6.18 Å². The van der Waals surface area contributed by atoms with E-state index in [0.29, 0.717) is 11.7 Å². The normalized spacial score (nSPS) is 11.5. The van der Waals surface area contributed by atoms with Crippen molar-refractivity contribution in [2.75, 3.05) is 25.2 Å². The standard InChI is InChI=1S/C6H14O2S.C5H12O.C5H12.C4H7F3/c1-4-9(7,8)5-6(2)3;1-5(2)4-6-3;1-4-5(2)3;1-3(2)4(5,6)7/h6H,4-5H2,1-3H3;5H,4H2,1-3H3;5H,4H2,1-3H3;3H,1-2H3. The fourth-order valence-electron chi connectivity index (χ4n) is 0.959. The first-order valence-corrected chi connectivity index (χ1v) is 11.5. The van der Waals surface area contributed by atoms with Gasteiger partial charge in [-0.05, 0) is 17.8 Å². The first-order valence-electron chi connectivity index (χ1n) is 9.72. The number of ether oxygens (including phenoxy) is 1. The summed E-state index contributed by atoms with van der Waals surface area (Å²) in [6, 6.07) is 0. The molecule has 3 nitrogen and oxygen atoms in total. The van der Waals surface area contributed by atoms with Crippen molar-refractivity contribution in [3.63, 3.8) is 0 Å². The molecule has 0 fully saturated rings. The number of halogens is 3. The predicted octanol–water partition coefficient (Wildman–Crippen LogP) is 6.62. The van der Waals surface area contributed by atoms with Crippen molar-refractivity contribution in [3.05, 3.63) is 0 Å². The highest BCUT2D eigenvalue weighted by Crippen LogP contribution is 2.24. The summed E-state index contributed by atoms with van der Waals surface area (Å²) < 4.78 is 60.0. The molecule has 0 aromatic rings. The van der Waals surface area contributed by atoms with Gasteiger partial charge in [-0.25, -0.2) is 8.42 Å². The Morgan fingerprint density at radius 3 is 1.19 bits per heavy atom. The predicted molar refractivity (Wildman–Crippen MR) is 112 cm³/mol. The zero-order valence-electron chi connectivity index (χ0n) is 19.4. The molecule has 0 aromatic carbocycles. The second-order valence-electron chi connectivity index (χ2n) is 7.94. The van der Waals surface area contributed by atoms with Crippen LogP contribution < -0.4 is 0 Å². The van der Waals surface area contributed by atoms with Crippen molar-refractivity contribution in [3.8, 4) is 0 Å². The molecule has 0 N–H and O–H groups in total. The van der Waals surface area contributed by atoms with Crippen molar-refractivity contribution in [1.29, 1.82) is 0 Å². The Balaban J connectivity index is -0.000000134. The van der Waals surface area contributed by atoms with E-state index in [0.717, 1.165) is 26.4 Å². The van der Waals surface area contributed by atoms with Gasteiger partial charge in [0.15, 0.2) is 0 Å². The molecular weight excluding hydrogens is 377 g/mol. The molecule has 0 rings (SSSR count). The van der Waals surface area contributed by atoms with E-state index in [1.807, 2.05) is 13.8 Å². The van der Waals surface area contributed by atoms with Gasteiger partial charge in [-0.1, -0.05) is 75.7 Å². The van der Waals surface area contributed by atoms with Gasteiger partial charge in [0.2, 0.25) is 0 Å². The molecule has 0 aliphatic rings. The van der Waals surface area contributed by atoms with Crippen LogP contribution in [0.1, 0.15) is 75.7 Å². The number of hydrogen-bond donors (Lipinski definition) is 0. The van der Waals surface area contributed by atoms with E-state index in [1.54, 1.807) is 14.0 Å². The molecule has 170 valence electrons. The van der Waals surface area contributed by atoms with Gasteiger partial charge in [0.1, 0.15) is 9.84 Å². The van der Waals surface area contributed by atoms with Crippen LogP contribution in [0.4, 0.5) is 13.2 Å². The minimum Gasteiger partial charge on any atom is -0.384 e. The minimum atomic E-state index is -4.00.